The lowest BCUT2D eigenvalue weighted by molar-refractivity contribution is -0.129. The van der Waals surface area contributed by atoms with Crippen LogP contribution in [0.2, 0.25) is 0 Å². The van der Waals surface area contributed by atoms with Crippen molar-refractivity contribution in [3.63, 3.8) is 0 Å². The number of cyclic esters (lactones) is 1. The number of rotatable bonds is 8. The van der Waals surface area contributed by atoms with Crippen LogP contribution in [0.3, 0.4) is 0 Å². The molecule has 0 N–H and O–H groups in total. The van der Waals surface area contributed by atoms with Crippen LogP contribution in [-0.2, 0) is 9.53 Å². The number of halogens is 1. The van der Waals surface area contributed by atoms with Crippen LogP contribution in [0.25, 0.3) is 6.08 Å². The van der Waals surface area contributed by atoms with Crippen molar-refractivity contribution in [3.8, 4) is 5.75 Å². The first-order chi connectivity index (χ1) is 13.2. The van der Waals surface area contributed by atoms with E-state index in [0.717, 1.165) is 18.4 Å². The molecule has 0 atom stereocenters. The van der Waals surface area contributed by atoms with E-state index in [1.807, 2.05) is 24.3 Å². The molecule has 1 aliphatic heterocycles. The Morgan fingerprint density at radius 3 is 2.63 bits per heavy atom. The number of nitrogens with zero attached hydrogens (tertiary/aromatic N) is 1. The van der Waals surface area contributed by atoms with Gasteiger partial charge in [0.2, 0.25) is 5.90 Å². The Bertz CT molecular complexity index is 856. The Labute approximate surface area is 158 Å². The van der Waals surface area contributed by atoms with Crippen molar-refractivity contribution >= 4 is 17.9 Å². The molecule has 0 unspecified atom stereocenters. The molecule has 1 aliphatic rings. The molecule has 0 amide bonds. The number of benzene rings is 2. The maximum atomic E-state index is 13.1. The minimum Gasteiger partial charge on any atom is -0.493 e. The third kappa shape index (κ3) is 5.03. The van der Waals surface area contributed by atoms with Gasteiger partial charge in [0.05, 0.1) is 6.61 Å². The summed E-state index contributed by atoms with van der Waals surface area (Å²) < 4.78 is 24.1. The molecule has 2 aromatic carbocycles. The molecule has 0 bridgehead atoms. The second-order valence-electron chi connectivity index (χ2n) is 6.29. The zero-order valence-corrected chi connectivity index (χ0v) is 15.3. The molecular formula is C22H22FNO3. The molecule has 0 aliphatic carbocycles. The van der Waals surface area contributed by atoms with Crippen molar-refractivity contribution in [2.24, 2.45) is 4.99 Å². The van der Waals surface area contributed by atoms with Crippen LogP contribution in [-0.4, -0.2) is 18.5 Å². The summed E-state index contributed by atoms with van der Waals surface area (Å²) in [5.41, 5.74) is 1.51. The normalized spacial score (nSPS) is 15.0. The van der Waals surface area contributed by atoms with Crippen LogP contribution in [0, 0.1) is 5.82 Å². The molecule has 0 fully saturated rings. The minimum absolute atomic E-state index is 0.171. The number of carbonyl (C=O) groups is 1. The fourth-order valence-corrected chi connectivity index (χ4v) is 2.71. The molecule has 3 rings (SSSR count). The maximum Gasteiger partial charge on any atom is 0.363 e. The molecule has 0 spiro atoms. The number of esters is 1. The van der Waals surface area contributed by atoms with E-state index in [4.69, 9.17) is 9.47 Å². The van der Waals surface area contributed by atoms with Crippen molar-refractivity contribution in [1.29, 1.82) is 0 Å². The quantitative estimate of drug-likeness (QED) is 0.369. The first-order valence-corrected chi connectivity index (χ1v) is 9.17. The van der Waals surface area contributed by atoms with Gasteiger partial charge in [-0.3, -0.25) is 0 Å². The zero-order chi connectivity index (χ0) is 19.1. The van der Waals surface area contributed by atoms with Gasteiger partial charge >= 0.3 is 5.97 Å². The van der Waals surface area contributed by atoms with Crippen molar-refractivity contribution in [3.05, 3.63) is 71.2 Å². The maximum absolute atomic E-state index is 13.1. The Balaban J connectivity index is 1.75. The highest BCUT2D eigenvalue weighted by atomic mass is 19.1. The highest BCUT2D eigenvalue weighted by Crippen LogP contribution is 2.25. The third-order valence-electron chi connectivity index (χ3n) is 4.18. The Kier molecular flexibility index (Phi) is 6.36. The summed E-state index contributed by atoms with van der Waals surface area (Å²) >= 11 is 0. The summed E-state index contributed by atoms with van der Waals surface area (Å²) in [6.07, 6.45) is 6.16. The van der Waals surface area contributed by atoms with E-state index in [9.17, 15) is 9.18 Å². The summed E-state index contributed by atoms with van der Waals surface area (Å²) in [6, 6.07) is 13.2. The Morgan fingerprint density at radius 2 is 1.85 bits per heavy atom. The number of unbranched alkanes of at least 4 members (excludes halogenated alkanes) is 3. The number of ether oxygens (including phenoxy) is 2. The van der Waals surface area contributed by atoms with E-state index in [1.54, 1.807) is 6.08 Å². The Morgan fingerprint density at radius 1 is 1.07 bits per heavy atom. The predicted octanol–water partition coefficient (Wildman–Crippen LogP) is 5.13. The zero-order valence-electron chi connectivity index (χ0n) is 15.3. The molecule has 4 nitrogen and oxygen atoms in total. The predicted molar refractivity (Wildman–Crippen MR) is 103 cm³/mol. The topological polar surface area (TPSA) is 47.9 Å². The van der Waals surface area contributed by atoms with Crippen molar-refractivity contribution < 1.29 is 18.7 Å². The van der Waals surface area contributed by atoms with E-state index in [2.05, 4.69) is 11.9 Å². The van der Waals surface area contributed by atoms with Gasteiger partial charge in [0.25, 0.3) is 0 Å². The fraction of sp³-hybridized carbons (Fsp3) is 0.273. The largest absolute Gasteiger partial charge is 0.493 e. The van der Waals surface area contributed by atoms with Gasteiger partial charge < -0.3 is 9.47 Å². The van der Waals surface area contributed by atoms with E-state index in [1.165, 1.54) is 37.1 Å². The van der Waals surface area contributed by atoms with Crippen LogP contribution in [0.5, 0.6) is 5.75 Å². The van der Waals surface area contributed by atoms with Gasteiger partial charge in [-0.05, 0) is 42.8 Å². The second-order valence-corrected chi connectivity index (χ2v) is 6.29. The summed E-state index contributed by atoms with van der Waals surface area (Å²) in [5.74, 6) is -0.0135. The summed E-state index contributed by atoms with van der Waals surface area (Å²) in [6.45, 7) is 2.80. The van der Waals surface area contributed by atoms with Gasteiger partial charge in [-0.15, -0.1) is 0 Å². The molecule has 0 saturated heterocycles. The van der Waals surface area contributed by atoms with Crippen molar-refractivity contribution in [1.82, 2.24) is 0 Å². The van der Waals surface area contributed by atoms with Crippen LogP contribution in [0.1, 0.15) is 43.7 Å². The number of hydrogen-bond donors (Lipinski definition) is 0. The second kappa shape index (κ2) is 9.12. The molecule has 0 radical (unpaired) electrons. The van der Waals surface area contributed by atoms with Crippen LogP contribution in [0.15, 0.2) is 59.2 Å². The third-order valence-corrected chi connectivity index (χ3v) is 4.18. The number of hydrogen-bond acceptors (Lipinski definition) is 4. The van der Waals surface area contributed by atoms with Gasteiger partial charge in [-0.1, -0.05) is 44.4 Å². The monoisotopic (exact) mass is 367 g/mol. The first-order valence-electron chi connectivity index (χ1n) is 9.17. The number of para-hydroxylation sites is 1. The minimum atomic E-state index is -0.535. The smallest absolute Gasteiger partial charge is 0.363 e. The van der Waals surface area contributed by atoms with E-state index in [0.29, 0.717) is 17.9 Å². The first kappa shape index (κ1) is 18.8. The average molecular weight is 367 g/mol. The van der Waals surface area contributed by atoms with Gasteiger partial charge in [0.15, 0.2) is 5.70 Å². The number of aliphatic imine (C=N–C) groups is 1. The lowest BCUT2D eigenvalue weighted by Gasteiger charge is -2.09. The number of carbonyl (C=O) groups excluding carboxylic acids is 1. The summed E-state index contributed by atoms with van der Waals surface area (Å²) in [4.78, 5) is 16.4. The molecule has 5 heteroatoms. The van der Waals surface area contributed by atoms with Crippen molar-refractivity contribution in [2.75, 3.05) is 6.61 Å². The van der Waals surface area contributed by atoms with Crippen LogP contribution < -0.4 is 4.74 Å². The van der Waals surface area contributed by atoms with Crippen molar-refractivity contribution in [2.45, 2.75) is 32.6 Å². The molecule has 0 aromatic heterocycles. The molecule has 27 heavy (non-hydrogen) atoms. The van der Waals surface area contributed by atoms with Gasteiger partial charge in [-0.2, -0.15) is 0 Å². The van der Waals surface area contributed by atoms with E-state index < -0.39 is 5.97 Å². The van der Waals surface area contributed by atoms with Gasteiger partial charge in [0, 0.05) is 11.1 Å². The summed E-state index contributed by atoms with van der Waals surface area (Å²) in [5, 5.41) is 0. The van der Waals surface area contributed by atoms with Gasteiger partial charge in [0.1, 0.15) is 11.6 Å². The van der Waals surface area contributed by atoms with Crippen LogP contribution >= 0.6 is 0 Å². The molecule has 1 heterocycles. The Hall–Kier alpha value is -2.95. The standard InChI is InChI=1S/C22H22FNO3/c1-2-3-4-7-14-26-20-9-6-5-8-17(20)15-19-22(25)27-21(24-19)16-10-12-18(23)13-11-16/h5-6,8-13,15H,2-4,7,14H2,1H3/b19-15-. The van der Waals surface area contributed by atoms with Crippen LogP contribution in [0.4, 0.5) is 4.39 Å². The highest BCUT2D eigenvalue weighted by molar-refractivity contribution is 6.12. The van der Waals surface area contributed by atoms with E-state index >= 15 is 0 Å². The summed E-state index contributed by atoms with van der Waals surface area (Å²) in [7, 11) is 0. The lowest BCUT2D eigenvalue weighted by atomic mass is 10.1. The molecule has 140 valence electrons. The van der Waals surface area contributed by atoms with Gasteiger partial charge in [-0.25, -0.2) is 14.2 Å². The lowest BCUT2D eigenvalue weighted by Crippen LogP contribution is -2.05. The van der Waals surface area contributed by atoms with E-state index in [-0.39, 0.29) is 17.4 Å². The SMILES string of the molecule is CCCCCCOc1ccccc1/C=C1\N=C(c2ccc(F)cc2)OC1=O. The molecule has 2 aromatic rings. The average Bonchev–Trinajstić information content (AvgIpc) is 3.04. The molecule has 0 saturated carbocycles. The fourth-order valence-electron chi connectivity index (χ4n) is 2.71. The molecular weight excluding hydrogens is 345 g/mol. The highest BCUT2D eigenvalue weighted by Gasteiger charge is 2.24.